The van der Waals surface area contributed by atoms with Crippen LogP contribution in [0, 0.1) is 6.92 Å². The molecule has 0 heterocycles. The lowest BCUT2D eigenvalue weighted by atomic mass is 10.2. The normalized spacial score (nSPS) is 10.5. The molecule has 6 heteroatoms. The van der Waals surface area contributed by atoms with E-state index >= 15 is 0 Å². The van der Waals surface area contributed by atoms with Gasteiger partial charge >= 0.3 is 6.61 Å². The average Bonchev–Trinajstić information content (AvgIpc) is 2.56. The third-order valence-electron chi connectivity index (χ3n) is 3.46. The van der Waals surface area contributed by atoms with E-state index in [1.165, 1.54) is 23.1 Å². The summed E-state index contributed by atoms with van der Waals surface area (Å²) in [6.45, 7) is -0.433. The Hall–Kier alpha value is -2.63. The third-order valence-corrected chi connectivity index (χ3v) is 3.46. The Kier molecular flexibility index (Phi) is 6.12. The van der Waals surface area contributed by atoms with E-state index in [4.69, 9.17) is 4.74 Å². The van der Waals surface area contributed by atoms with Gasteiger partial charge in [-0.05, 0) is 30.7 Å². The molecule has 128 valence electrons. The fourth-order valence-electron chi connectivity index (χ4n) is 2.16. The maximum atomic E-state index is 12.4. The number of hydrogen-bond acceptors (Lipinski definition) is 3. The highest BCUT2D eigenvalue weighted by atomic mass is 19.3. The molecule has 4 nitrogen and oxygen atoms in total. The van der Waals surface area contributed by atoms with Crippen molar-refractivity contribution in [3.8, 4) is 11.5 Å². The van der Waals surface area contributed by atoms with Crippen molar-refractivity contribution in [3.63, 3.8) is 0 Å². The van der Waals surface area contributed by atoms with Crippen LogP contribution in [0.25, 0.3) is 0 Å². The molecule has 2 aromatic carbocycles. The first-order valence-corrected chi connectivity index (χ1v) is 7.46. The molecule has 24 heavy (non-hydrogen) atoms. The van der Waals surface area contributed by atoms with E-state index in [1.807, 2.05) is 31.2 Å². The van der Waals surface area contributed by atoms with Crippen LogP contribution in [0.5, 0.6) is 11.5 Å². The molecule has 0 aliphatic heterocycles. The Morgan fingerprint density at radius 1 is 1.08 bits per heavy atom. The largest absolute Gasteiger partial charge is 0.491 e. The molecule has 0 aliphatic rings. The number of para-hydroxylation sites is 2. The molecule has 0 unspecified atom stereocenters. The number of hydrogen-bond donors (Lipinski definition) is 0. The summed E-state index contributed by atoms with van der Waals surface area (Å²) in [6, 6.07) is 13.5. The van der Waals surface area contributed by atoms with E-state index in [-0.39, 0.29) is 11.3 Å². The highest BCUT2D eigenvalue weighted by Gasteiger charge is 2.18. The first kappa shape index (κ1) is 17.7. The smallest absolute Gasteiger partial charge is 0.387 e. The number of carbonyl (C=O) groups is 1. The molecule has 0 fully saturated rings. The molecule has 0 atom stereocenters. The highest BCUT2D eigenvalue weighted by molar-refractivity contribution is 5.96. The van der Waals surface area contributed by atoms with Gasteiger partial charge in [-0.3, -0.25) is 4.79 Å². The predicted molar refractivity (Wildman–Crippen MR) is 86.7 cm³/mol. The molecule has 0 radical (unpaired) electrons. The Morgan fingerprint density at radius 2 is 1.71 bits per heavy atom. The van der Waals surface area contributed by atoms with Gasteiger partial charge in [0.15, 0.2) is 0 Å². The van der Waals surface area contributed by atoms with E-state index in [0.717, 1.165) is 11.3 Å². The van der Waals surface area contributed by atoms with Gasteiger partial charge in [0.25, 0.3) is 5.91 Å². The van der Waals surface area contributed by atoms with Crippen molar-refractivity contribution in [2.45, 2.75) is 13.5 Å². The van der Waals surface area contributed by atoms with Gasteiger partial charge in [0.1, 0.15) is 18.1 Å². The first-order valence-electron chi connectivity index (χ1n) is 7.46. The van der Waals surface area contributed by atoms with Crippen molar-refractivity contribution in [3.05, 3.63) is 59.7 Å². The van der Waals surface area contributed by atoms with Gasteiger partial charge in [-0.1, -0.05) is 30.3 Å². The number of nitrogens with zero attached hydrogens (tertiary/aromatic N) is 1. The second-order valence-electron chi connectivity index (χ2n) is 5.22. The van der Waals surface area contributed by atoms with Gasteiger partial charge in [-0.25, -0.2) is 0 Å². The lowest BCUT2D eigenvalue weighted by molar-refractivity contribution is -0.0502. The quantitative estimate of drug-likeness (QED) is 0.773. The summed E-state index contributed by atoms with van der Waals surface area (Å²) < 4.78 is 34.9. The van der Waals surface area contributed by atoms with Crippen LogP contribution in [0.2, 0.25) is 0 Å². The van der Waals surface area contributed by atoms with Crippen LogP contribution in [0.4, 0.5) is 8.78 Å². The lowest BCUT2D eigenvalue weighted by Gasteiger charge is -2.19. The van der Waals surface area contributed by atoms with E-state index < -0.39 is 12.5 Å². The van der Waals surface area contributed by atoms with Crippen LogP contribution in [0.3, 0.4) is 0 Å². The number of aryl methyl sites for hydroxylation is 1. The number of likely N-dealkylation sites (N-methyl/N-ethyl adjacent to an activating group) is 1. The Morgan fingerprint density at radius 3 is 2.38 bits per heavy atom. The van der Waals surface area contributed by atoms with E-state index in [1.54, 1.807) is 13.1 Å². The Balaban J connectivity index is 1.96. The number of halogens is 2. The zero-order valence-corrected chi connectivity index (χ0v) is 13.5. The summed E-state index contributed by atoms with van der Waals surface area (Å²) >= 11 is 0. The molecule has 0 bridgehead atoms. The minimum absolute atomic E-state index is 0.0937. The first-order chi connectivity index (χ1) is 11.5. The molecule has 0 spiro atoms. The predicted octanol–water partition coefficient (Wildman–Crippen LogP) is 3.75. The van der Waals surface area contributed by atoms with Crippen LogP contribution in [0.1, 0.15) is 15.9 Å². The number of alkyl halides is 2. The highest BCUT2D eigenvalue weighted by Crippen LogP contribution is 2.21. The number of amides is 1. The van der Waals surface area contributed by atoms with Crippen molar-refractivity contribution in [1.29, 1.82) is 0 Å². The molecule has 0 saturated heterocycles. The summed E-state index contributed by atoms with van der Waals surface area (Å²) in [6.07, 6.45) is 0. The molecule has 0 saturated carbocycles. The molecule has 1 amide bonds. The van der Waals surface area contributed by atoms with Gasteiger partial charge in [-0.15, -0.1) is 0 Å². The molecule has 0 aliphatic carbocycles. The molecule has 2 aromatic rings. The SMILES string of the molecule is Cc1ccccc1OCCN(C)C(=O)c1ccccc1OC(F)F. The van der Waals surface area contributed by atoms with Crippen LogP contribution >= 0.6 is 0 Å². The zero-order chi connectivity index (χ0) is 17.5. The summed E-state index contributed by atoms with van der Waals surface area (Å²) in [5.41, 5.74) is 1.10. The second kappa shape index (κ2) is 8.29. The monoisotopic (exact) mass is 335 g/mol. The molecule has 0 aromatic heterocycles. The van der Waals surface area contributed by atoms with E-state index in [0.29, 0.717) is 13.2 Å². The van der Waals surface area contributed by atoms with Gasteiger partial charge in [-0.2, -0.15) is 8.78 Å². The Labute approximate surface area is 139 Å². The Bertz CT molecular complexity index is 691. The summed E-state index contributed by atoms with van der Waals surface area (Å²) in [5, 5.41) is 0. The summed E-state index contributed by atoms with van der Waals surface area (Å²) in [7, 11) is 1.59. The van der Waals surface area contributed by atoms with Crippen LogP contribution < -0.4 is 9.47 Å². The maximum Gasteiger partial charge on any atom is 0.387 e. The molecule has 0 N–H and O–H groups in total. The minimum atomic E-state index is -2.98. The number of benzene rings is 2. The minimum Gasteiger partial charge on any atom is -0.491 e. The third kappa shape index (κ3) is 4.68. The number of carbonyl (C=O) groups excluding carboxylic acids is 1. The van der Waals surface area contributed by atoms with E-state index in [9.17, 15) is 13.6 Å². The second-order valence-corrected chi connectivity index (χ2v) is 5.22. The van der Waals surface area contributed by atoms with Gasteiger partial charge in [0, 0.05) is 7.05 Å². The van der Waals surface area contributed by atoms with E-state index in [2.05, 4.69) is 4.74 Å². The molecular formula is C18H19F2NO3. The van der Waals surface area contributed by atoms with Crippen molar-refractivity contribution in [2.24, 2.45) is 0 Å². The van der Waals surface area contributed by atoms with Crippen LogP contribution in [-0.4, -0.2) is 37.6 Å². The van der Waals surface area contributed by atoms with Crippen molar-refractivity contribution < 1.29 is 23.0 Å². The standard InChI is InChI=1S/C18H19F2NO3/c1-13-7-3-5-9-15(13)23-12-11-21(2)17(22)14-8-4-6-10-16(14)24-18(19)20/h3-10,18H,11-12H2,1-2H3. The fraction of sp³-hybridized carbons (Fsp3) is 0.278. The zero-order valence-electron chi connectivity index (χ0n) is 13.5. The van der Waals surface area contributed by atoms with Crippen molar-refractivity contribution >= 4 is 5.91 Å². The van der Waals surface area contributed by atoms with Gasteiger partial charge in [0.2, 0.25) is 0 Å². The molecule has 2 rings (SSSR count). The van der Waals surface area contributed by atoms with Gasteiger partial charge in [0.05, 0.1) is 12.1 Å². The van der Waals surface area contributed by atoms with Crippen molar-refractivity contribution in [1.82, 2.24) is 4.90 Å². The average molecular weight is 335 g/mol. The number of rotatable bonds is 7. The summed E-state index contributed by atoms with van der Waals surface area (Å²) in [5.74, 6) is 0.212. The maximum absolute atomic E-state index is 12.4. The summed E-state index contributed by atoms with van der Waals surface area (Å²) in [4.78, 5) is 13.8. The fourth-order valence-corrected chi connectivity index (χ4v) is 2.16. The van der Waals surface area contributed by atoms with Crippen molar-refractivity contribution in [2.75, 3.05) is 20.2 Å². The van der Waals surface area contributed by atoms with Gasteiger partial charge < -0.3 is 14.4 Å². The van der Waals surface area contributed by atoms with Crippen LogP contribution in [0.15, 0.2) is 48.5 Å². The van der Waals surface area contributed by atoms with Crippen LogP contribution in [-0.2, 0) is 0 Å². The topological polar surface area (TPSA) is 38.8 Å². The number of ether oxygens (including phenoxy) is 2. The molecular weight excluding hydrogens is 316 g/mol. The lowest BCUT2D eigenvalue weighted by Crippen LogP contribution is -2.31.